The van der Waals surface area contributed by atoms with Crippen LogP contribution in [0.1, 0.15) is 16.8 Å². The molecule has 2 aliphatic rings. The number of halogens is 3. The van der Waals surface area contributed by atoms with Gasteiger partial charge in [-0.25, -0.2) is 4.79 Å². The van der Waals surface area contributed by atoms with Crippen molar-refractivity contribution in [3.05, 3.63) is 29.8 Å². The van der Waals surface area contributed by atoms with Crippen molar-refractivity contribution in [3.8, 4) is 0 Å². The highest BCUT2D eigenvalue weighted by Gasteiger charge is 2.27. The molecule has 2 heterocycles. The van der Waals surface area contributed by atoms with E-state index in [-0.39, 0.29) is 18.6 Å². The molecule has 10 heteroatoms. The second kappa shape index (κ2) is 9.45. The summed E-state index contributed by atoms with van der Waals surface area (Å²) in [4.78, 5) is 29.7. The van der Waals surface area contributed by atoms with Gasteiger partial charge in [0.1, 0.15) is 13.2 Å². The Hall–Kier alpha value is -2.33. The minimum Gasteiger partial charge on any atom is -0.447 e. The number of carbonyl (C=O) groups excluding carboxylic acids is 2. The quantitative estimate of drug-likeness (QED) is 0.640. The molecular weight excluding hydrogens is 391 g/mol. The molecule has 1 aromatic carbocycles. The van der Waals surface area contributed by atoms with Gasteiger partial charge >= 0.3 is 12.3 Å². The second-order valence-corrected chi connectivity index (χ2v) is 6.97. The van der Waals surface area contributed by atoms with Crippen LogP contribution in [0.25, 0.3) is 0 Å². The van der Waals surface area contributed by atoms with Gasteiger partial charge in [-0.15, -0.1) is 0 Å². The lowest BCUT2D eigenvalue weighted by Gasteiger charge is -2.34. The van der Waals surface area contributed by atoms with E-state index in [1.165, 1.54) is 4.90 Å². The summed E-state index contributed by atoms with van der Waals surface area (Å²) in [6.07, 6.45) is -4.16. The Labute approximate surface area is 166 Å². The van der Waals surface area contributed by atoms with Crippen LogP contribution in [0, 0.1) is 0 Å². The lowest BCUT2D eigenvalue weighted by Crippen LogP contribution is -2.49. The van der Waals surface area contributed by atoms with E-state index in [9.17, 15) is 22.8 Å². The van der Waals surface area contributed by atoms with E-state index in [4.69, 9.17) is 4.74 Å². The summed E-state index contributed by atoms with van der Waals surface area (Å²) in [5.41, 5.74) is 1.25. The van der Waals surface area contributed by atoms with Crippen LogP contribution in [-0.2, 0) is 9.47 Å². The van der Waals surface area contributed by atoms with Crippen LogP contribution in [0.3, 0.4) is 0 Å². The zero-order valence-corrected chi connectivity index (χ0v) is 16.0. The lowest BCUT2D eigenvalue weighted by atomic mass is 10.1. The minimum atomic E-state index is -4.29. The highest BCUT2D eigenvalue weighted by atomic mass is 19.4. The molecule has 2 fully saturated rings. The maximum atomic E-state index is 12.7. The van der Waals surface area contributed by atoms with Crippen LogP contribution in [0.2, 0.25) is 0 Å². The van der Waals surface area contributed by atoms with E-state index in [2.05, 4.69) is 9.64 Å². The second-order valence-electron chi connectivity index (χ2n) is 6.97. The Morgan fingerprint density at radius 1 is 1.07 bits per heavy atom. The molecule has 1 aromatic rings. The molecular formula is C19H24F3N3O4. The SMILES string of the molecule is O=C(c1ccc(N2CCOC2=O)cc1)N1CCN(CCCOCC(F)(F)F)CC1. The van der Waals surface area contributed by atoms with Crippen molar-refractivity contribution in [1.82, 2.24) is 9.80 Å². The Balaban J connectivity index is 1.40. The van der Waals surface area contributed by atoms with E-state index in [1.807, 2.05) is 0 Å². The molecule has 0 aliphatic carbocycles. The van der Waals surface area contributed by atoms with Gasteiger partial charge in [-0.1, -0.05) is 0 Å². The van der Waals surface area contributed by atoms with Crippen molar-refractivity contribution in [3.63, 3.8) is 0 Å². The Morgan fingerprint density at radius 3 is 2.34 bits per heavy atom. The fraction of sp³-hybridized carbons (Fsp3) is 0.579. The molecule has 3 rings (SSSR count). The van der Waals surface area contributed by atoms with Crippen molar-refractivity contribution in [2.75, 3.05) is 64.0 Å². The summed E-state index contributed by atoms with van der Waals surface area (Å²) >= 11 is 0. The number of carbonyl (C=O) groups is 2. The average Bonchev–Trinajstić information content (AvgIpc) is 3.13. The van der Waals surface area contributed by atoms with Gasteiger partial charge in [-0.2, -0.15) is 13.2 Å². The number of hydrogen-bond donors (Lipinski definition) is 0. The van der Waals surface area contributed by atoms with Crippen molar-refractivity contribution < 1.29 is 32.2 Å². The fourth-order valence-corrected chi connectivity index (χ4v) is 3.35. The van der Waals surface area contributed by atoms with Crippen molar-refractivity contribution >= 4 is 17.7 Å². The molecule has 0 spiro atoms. The molecule has 0 bridgehead atoms. The average molecular weight is 415 g/mol. The zero-order chi connectivity index (χ0) is 20.9. The summed E-state index contributed by atoms with van der Waals surface area (Å²) in [7, 11) is 0. The molecule has 0 saturated carbocycles. The normalized spacial score (nSPS) is 18.2. The number of alkyl halides is 3. The van der Waals surface area contributed by atoms with Gasteiger partial charge in [0.15, 0.2) is 0 Å². The van der Waals surface area contributed by atoms with E-state index >= 15 is 0 Å². The molecule has 29 heavy (non-hydrogen) atoms. The van der Waals surface area contributed by atoms with Crippen LogP contribution in [0.5, 0.6) is 0 Å². The highest BCUT2D eigenvalue weighted by molar-refractivity contribution is 5.95. The number of cyclic esters (lactones) is 1. The maximum absolute atomic E-state index is 12.7. The van der Waals surface area contributed by atoms with Crippen LogP contribution in [-0.4, -0.2) is 87.1 Å². The van der Waals surface area contributed by atoms with E-state index in [0.29, 0.717) is 63.5 Å². The lowest BCUT2D eigenvalue weighted by molar-refractivity contribution is -0.174. The van der Waals surface area contributed by atoms with Crippen molar-refractivity contribution in [2.45, 2.75) is 12.6 Å². The predicted octanol–water partition coefficient (Wildman–Crippen LogP) is 2.37. The molecule has 7 nitrogen and oxygen atoms in total. The van der Waals surface area contributed by atoms with E-state index in [1.54, 1.807) is 29.2 Å². The smallest absolute Gasteiger partial charge is 0.414 e. The molecule has 2 amide bonds. The van der Waals surface area contributed by atoms with E-state index < -0.39 is 12.8 Å². The number of benzene rings is 1. The number of nitrogens with zero attached hydrogens (tertiary/aromatic N) is 3. The summed E-state index contributed by atoms with van der Waals surface area (Å²) in [5.74, 6) is -0.0753. The first-order valence-electron chi connectivity index (χ1n) is 9.54. The fourth-order valence-electron chi connectivity index (χ4n) is 3.35. The highest BCUT2D eigenvalue weighted by Crippen LogP contribution is 2.20. The van der Waals surface area contributed by atoms with Crippen LogP contribution >= 0.6 is 0 Å². The van der Waals surface area contributed by atoms with Gasteiger partial charge < -0.3 is 14.4 Å². The summed E-state index contributed by atoms with van der Waals surface area (Å²) < 4.78 is 45.6. The number of hydrogen-bond acceptors (Lipinski definition) is 5. The molecule has 0 aromatic heterocycles. The van der Waals surface area contributed by atoms with Gasteiger partial charge in [0.05, 0.1) is 6.54 Å². The molecule has 160 valence electrons. The van der Waals surface area contributed by atoms with Crippen molar-refractivity contribution in [2.24, 2.45) is 0 Å². The molecule has 2 aliphatic heterocycles. The Kier molecular flexibility index (Phi) is 6.96. The summed E-state index contributed by atoms with van der Waals surface area (Å²) in [6, 6.07) is 6.87. The standard InChI is InChI=1S/C19H24F3N3O4/c20-19(21,22)14-28-12-1-6-23-7-9-24(10-8-23)17(26)15-2-4-16(5-3-15)25-11-13-29-18(25)27/h2-5H,1,6-14H2. The van der Waals surface area contributed by atoms with Crippen LogP contribution in [0.15, 0.2) is 24.3 Å². The predicted molar refractivity (Wildman–Crippen MR) is 99.0 cm³/mol. The molecule has 0 unspecified atom stereocenters. The largest absolute Gasteiger partial charge is 0.447 e. The maximum Gasteiger partial charge on any atom is 0.414 e. The van der Waals surface area contributed by atoms with E-state index in [0.717, 1.165) is 0 Å². The number of rotatable bonds is 7. The number of piperazine rings is 1. The topological polar surface area (TPSA) is 62.3 Å². The van der Waals surface area contributed by atoms with Gasteiger partial charge in [0, 0.05) is 50.6 Å². The van der Waals surface area contributed by atoms with Gasteiger partial charge in [0.2, 0.25) is 0 Å². The van der Waals surface area contributed by atoms with Crippen LogP contribution < -0.4 is 4.90 Å². The summed E-state index contributed by atoms with van der Waals surface area (Å²) in [5, 5.41) is 0. The monoisotopic (exact) mass is 415 g/mol. The Bertz CT molecular complexity index is 704. The number of amides is 2. The van der Waals surface area contributed by atoms with Gasteiger partial charge in [0.25, 0.3) is 5.91 Å². The summed E-state index contributed by atoms with van der Waals surface area (Å²) in [6.45, 7) is 2.80. The first-order chi connectivity index (χ1) is 13.8. The molecule has 0 radical (unpaired) electrons. The third kappa shape index (κ3) is 6.07. The first kappa shape index (κ1) is 21.4. The third-order valence-electron chi connectivity index (χ3n) is 4.87. The molecule has 2 saturated heterocycles. The van der Waals surface area contributed by atoms with Crippen LogP contribution in [0.4, 0.5) is 23.7 Å². The minimum absolute atomic E-state index is 0.0650. The van der Waals surface area contributed by atoms with Gasteiger partial charge in [-0.05, 0) is 30.7 Å². The first-order valence-corrected chi connectivity index (χ1v) is 9.54. The number of ether oxygens (including phenoxy) is 2. The van der Waals surface area contributed by atoms with Crippen molar-refractivity contribution in [1.29, 1.82) is 0 Å². The number of anilines is 1. The zero-order valence-electron chi connectivity index (χ0n) is 16.0. The molecule has 0 N–H and O–H groups in total. The third-order valence-corrected chi connectivity index (χ3v) is 4.87. The van der Waals surface area contributed by atoms with Gasteiger partial charge in [-0.3, -0.25) is 14.6 Å². The molecule has 0 atom stereocenters. The Morgan fingerprint density at radius 2 is 1.76 bits per heavy atom.